The Kier molecular flexibility index (Phi) is 8.75. The summed E-state index contributed by atoms with van der Waals surface area (Å²) in [6.45, 7) is 4.45. The van der Waals surface area contributed by atoms with E-state index in [0.29, 0.717) is 29.7 Å². The average molecular weight is 331 g/mol. The molecule has 1 aromatic rings. The predicted octanol–water partition coefficient (Wildman–Crippen LogP) is 4.30. The fraction of sp³-hybridized carbons (Fsp3) is 0.500. The quantitative estimate of drug-likeness (QED) is 0.525. The smallest absolute Gasteiger partial charge is 0.154 e. The van der Waals surface area contributed by atoms with Crippen molar-refractivity contribution in [1.29, 1.82) is 0 Å². The van der Waals surface area contributed by atoms with Crippen LogP contribution >= 0.6 is 23.2 Å². The van der Waals surface area contributed by atoms with Crippen LogP contribution in [-0.2, 0) is 20.8 Å². The number of halogens is 2. The number of ether oxygens (including phenoxy) is 3. The molecule has 0 aliphatic heterocycles. The van der Waals surface area contributed by atoms with E-state index in [1.807, 2.05) is 13.0 Å². The van der Waals surface area contributed by atoms with Crippen molar-refractivity contribution >= 4 is 23.2 Å². The summed E-state index contributed by atoms with van der Waals surface area (Å²) in [6.07, 6.45) is 0.160. The Morgan fingerprint density at radius 3 is 2.67 bits per heavy atom. The molecule has 3 nitrogen and oxygen atoms in total. The monoisotopic (exact) mass is 330 g/mol. The first-order valence-corrected chi connectivity index (χ1v) is 7.42. The summed E-state index contributed by atoms with van der Waals surface area (Å²) in [5, 5.41) is 1.20. The summed E-state index contributed by atoms with van der Waals surface area (Å²) in [5.74, 6) is 5.84. The fourth-order valence-electron chi connectivity index (χ4n) is 1.63. The van der Waals surface area contributed by atoms with Crippen molar-refractivity contribution in [2.24, 2.45) is 0 Å². The third kappa shape index (κ3) is 7.17. The van der Waals surface area contributed by atoms with E-state index in [9.17, 15) is 0 Å². The number of hydrogen-bond donors (Lipinski definition) is 0. The molecule has 1 rings (SSSR count). The number of benzene rings is 1. The summed E-state index contributed by atoms with van der Waals surface area (Å²) >= 11 is 12.0. The zero-order valence-electron chi connectivity index (χ0n) is 12.5. The van der Waals surface area contributed by atoms with Gasteiger partial charge < -0.3 is 14.2 Å². The Labute approximate surface area is 136 Å². The summed E-state index contributed by atoms with van der Waals surface area (Å²) in [4.78, 5) is 0. The number of hydrogen-bond acceptors (Lipinski definition) is 3. The molecule has 0 aromatic heterocycles. The van der Waals surface area contributed by atoms with Gasteiger partial charge in [-0.2, -0.15) is 0 Å². The zero-order chi connectivity index (χ0) is 15.7. The largest absolute Gasteiger partial charge is 0.374 e. The van der Waals surface area contributed by atoms with Gasteiger partial charge in [-0.05, 0) is 31.5 Å². The van der Waals surface area contributed by atoms with E-state index in [4.69, 9.17) is 37.4 Å². The summed E-state index contributed by atoms with van der Waals surface area (Å²) < 4.78 is 16.5. The molecule has 2 unspecified atom stereocenters. The third-order valence-electron chi connectivity index (χ3n) is 2.80. The van der Waals surface area contributed by atoms with Gasteiger partial charge in [0.05, 0.1) is 19.3 Å². The molecule has 0 spiro atoms. The van der Waals surface area contributed by atoms with Gasteiger partial charge in [-0.15, -0.1) is 11.8 Å². The summed E-state index contributed by atoms with van der Waals surface area (Å²) in [7, 11) is 1.60. The number of methoxy groups -OCH3 is 1. The maximum absolute atomic E-state index is 6.10. The van der Waals surface area contributed by atoms with Crippen molar-refractivity contribution in [1.82, 2.24) is 0 Å². The van der Waals surface area contributed by atoms with Gasteiger partial charge >= 0.3 is 0 Å². The van der Waals surface area contributed by atoms with Crippen LogP contribution in [0.4, 0.5) is 0 Å². The Balaban J connectivity index is 2.49. The summed E-state index contributed by atoms with van der Waals surface area (Å²) in [5.41, 5.74) is 0.890. The van der Waals surface area contributed by atoms with Gasteiger partial charge in [-0.3, -0.25) is 0 Å². The van der Waals surface area contributed by atoms with Gasteiger partial charge in [0.25, 0.3) is 0 Å². The molecular formula is C16H20Cl2O3. The minimum atomic E-state index is -0.295. The molecule has 21 heavy (non-hydrogen) atoms. The van der Waals surface area contributed by atoms with Crippen LogP contribution in [0.3, 0.4) is 0 Å². The van der Waals surface area contributed by atoms with Crippen LogP contribution < -0.4 is 0 Å². The molecule has 0 N–H and O–H groups in total. The van der Waals surface area contributed by atoms with E-state index in [-0.39, 0.29) is 12.4 Å². The van der Waals surface area contributed by atoms with E-state index in [1.54, 1.807) is 26.2 Å². The average Bonchev–Trinajstić information content (AvgIpc) is 2.46. The molecule has 5 heteroatoms. The van der Waals surface area contributed by atoms with Gasteiger partial charge in [-0.25, -0.2) is 0 Å². The molecule has 116 valence electrons. The molecule has 2 atom stereocenters. The fourth-order valence-corrected chi connectivity index (χ4v) is 2.09. The third-order valence-corrected chi connectivity index (χ3v) is 3.39. The highest BCUT2D eigenvalue weighted by atomic mass is 35.5. The molecule has 0 aliphatic carbocycles. The second-order valence-corrected chi connectivity index (χ2v) is 5.29. The number of rotatable bonds is 8. The first-order chi connectivity index (χ1) is 10.1. The Morgan fingerprint density at radius 1 is 1.29 bits per heavy atom. The van der Waals surface area contributed by atoms with Gasteiger partial charge in [-0.1, -0.05) is 29.3 Å². The predicted molar refractivity (Wildman–Crippen MR) is 85.5 cm³/mol. The summed E-state index contributed by atoms with van der Waals surface area (Å²) in [6, 6.07) is 5.34. The molecule has 0 saturated heterocycles. The standard InChI is InChI=1S/C16H20Cl2O3/c1-4-5-6-15(21-12(2)19-3)11-20-10-13-7-8-14(17)9-16(13)18/h7-9,12,15H,6,10-11H2,1-3H3. The van der Waals surface area contributed by atoms with Gasteiger partial charge in [0, 0.05) is 23.6 Å². The van der Waals surface area contributed by atoms with Crippen LogP contribution in [0.2, 0.25) is 10.0 Å². The van der Waals surface area contributed by atoms with Gasteiger partial charge in [0.15, 0.2) is 6.29 Å². The van der Waals surface area contributed by atoms with Gasteiger partial charge in [0.1, 0.15) is 0 Å². The topological polar surface area (TPSA) is 27.7 Å². The lowest BCUT2D eigenvalue weighted by Gasteiger charge is -2.20. The lowest BCUT2D eigenvalue weighted by atomic mass is 10.2. The maximum atomic E-state index is 6.10. The van der Waals surface area contributed by atoms with Crippen LogP contribution in [0.5, 0.6) is 0 Å². The first kappa shape index (κ1) is 18.3. The molecule has 0 saturated carbocycles. The molecule has 0 amide bonds. The van der Waals surface area contributed by atoms with E-state index in [0.717, 1.165) is 5.56 Å². The lowest BCUT2D eigenvalue weighted by Crippen LogP contribution is -2.25. The van der Waals surface area contributed by atoms with E-state index < -0.39 is 0 Å². The van der Waals surface area contributed by atoms with Crippen LogP contribution in [0.15, 0.2) is 18.2 Å². The molecule has 0 bridgehead atoms. The highest BCUT2D eigenvalue weighted by Crippen LogP contribution is 2.21. The van der Waals surface area contributed by atoms with E-state index in [2.05, 4.69) is 11.8 Å². The van der Waals surface area contributed by atoms with Crippen LogP contribution in [0.1, 0.15) is 25.8 Å². The highest BCUT2D eigenvalue weighted by molar-refractivity contribution is 6.35. The Hall–Kier alpha value is -0.760. The normalized spacial score (nSPS) is 13.4. The van der Waals surface area contributed by atoms with Crippen molar-refractivity contribution in [3.8, 4) is 11.8 Å². The van der Waals surface area contributed by atoms with E-state index >= 15 is 0 Å². The molecule has 0 radical (unpaired) electrons. The molecule has 0 fully saturated rings. The lowest BCUT2D eigenvalue weighted by molar-refractivity contribution is -0.158. The molecule has 0 heterocycles. The first-order valence-electron chi connectivity index (χ1n) is 6.66. The minimum absolute atomic E-state index is 0.140. The highest BCUT2D eigenvalue weighted by Gasteiger charge is 2.13. The Bertz CT molecular complexity index is 494. The van der Waals surface area contributed by atoms with Crippen LogP contribution in [0.25, 0.3) is 0 Å². The van der Waals surface area contributed by atoms with Crippen molar-refractivity contribution < 1.29 is 14.2 Å². The minimum Gasteiger partial charge on any atom is -0.374 e. The van der Waals surface area contributed by atoms with Crippen LogP contribution in [-0.4, -0.2) is 26.1 Å². The van der Waals surface area contributed by atoms with Crippen molar-refractivity contribution in [2.45, 2.75) is 39.3 Å². The molecular weight excluding hydrogens is 311 g/mol. The van der Waals surface area contributed by atoms with Crippen molar-refractivity contribution in [3.63, 3.8) is 0 Å². The Morgan fingerprint density at radius 2 is 2.05 bits per heavy atom. The van der Waals surface area contributed by atoms with Crippen molar-refractivity contribution in [2.75, 3.05) is 13.7 Å². The van der Waals surface area contributed by atoms with Gasteiger partial charge in [0.2, 0.25) is 0 Å². The zero-order valence-corrected chi connectivity index (χ0v) is 14.0. The molecule has 1 aromatic carbocycles. The van der Waals surface area contributed by atoms with E-state index in [1.165, 1.54) is 0 Å². The SMILES string of the molecule is CC#CCC(COCc1ccc(Cl)cc1Cl)OC(C)OC. The maximum Gasteiger partial charge on any atom is 0.154 e. The van der Waals surface area contributed by atoms with Crippen molar-refractivity contribution in [3.05, 3.63) is 33.8 Å². The molecule has 0 aliphatic rings. The van der Waals surface area contributed by atoms with Crippen LogP contribution in [0, 0.1) is 11.8 Å². The second kappa shape index (κ2) is 10.0. The second-order valence-electron chi connectivity index (χ2n) is 4.44.